The maximum absolute atomic E-state index is 11.5. The van der Waals surface area contributed by atoms with Crippen LogP contribution in [-0.4, -0.2) is 23.8 Å². The number of anilines is 2. The second-order valence-electron chi connectivity index (χ2n) is 4.70. The van der Waals surface area contributed by atoms with E-state index in [9.17, 15) is 4.79 Å². The number of benzene rings is 1. The molecule has 0 saturated carbocycles. The van der Waals surface area contributed by atoms with Gasteiger partial charge in [0.15, 0.2) is 0 Å². The first-order valence-corrected chi connectivity index (χ1v) is 7.38. The monoisotopic (exact) mass is 310 g/mol. The molecule has 3 nitrogen and oxygen atoms in total. The summed E-state index contributed by atoms with van der Waals surface area (Å²) in [6.45, 7) is 4.10. The Morgan fingerprint density at radius 3 is 2.39 bits per heavy atom. The highest BCUT2D eigenvalue weighted by atomic mass is 79.9. The fraction of sp³-hybridized carbons (Fsp3) is 0.500. The minimum atomic E-state index is -0.167. The number of carbonyl (C=O) groups excluding carboxylic acids is 1. The van der Waals surface area contributed by atoms with E-state index in [0.717, 1.165) is 18.8 Å². The van der Waals surface area contributed by atoms with E-state index in [1.165, 1.54) is 24.9 Å². The van der Waals surface area contributed by atoms with Crippen molar-refractivity contribution in [1.82, 2.24) is 0 Å². The smallest absolute Gasteiger partial charge is 0.237 e. The normalized spacial score (nSPS) is 17.3. The van der Waals surface area contributed by atoms with Crippen molar-refractivity contribution in [3.63, 3.8) is 0 Å². The predicted molar refractivity (Wildman–Crippen MR) is 79.5 cm³/mol. The van der Waals surface area contributed by atoms with Crippen LogP contribution in [0.3, 0.4) is 0 Å². The van der Waals surface area contributed by atoms with Crippen LogP contribution < -0.4 is 10.2 Å². The van der Waals surface area contributed by atoms with Crippen molar-refractivity contribution < 1.29 is 4.79 Å². The summed E-state index contributed by atoms with van der Waals surface area (Å²) in [5.41, 5.74) is 2.10. The van der Waals surface area contributed by atoms with E-state index in [4.69, 9.17) is 0 Å². The van der Waals surface area contributed by atoms with E-state index in [0.29, 0.717) is 0 Å². The molecule has 1 aliphatic heterocycles. The number of amides is 1. The van der Waals surface area contributed by atoms with Crippen molar-refractivity contribution in [2.24, 2.45) is 0 Å². The van der Waals surface area contributed by atoms with Crippen molar-refractivity contribution >= 4 is 33.2 Å². The number of hydrogen-bond donors (Lipinski definition) is 1. The summed E-state index contributed by atoms with van der Waals surface area (Å²) in [6.07, 6.45) is 3.90. The van der Waals surface area contributed by atoms with Gasteiger partial charge < -0.3 is 10.2 Å². The van der Waals surface area contributed by atoms with Gasteiger partial charge in [0.05, 0.1) is 4.83 Å². The van der Waals surface area contributed by atoms with Crippen LogP contribution in [0.5, 0.6) is 0 Å². The third kappa shape index (κ3) is 3.48. The van der Waals surface area contributed by atoms with E-state index in [-0.39, 0.29) is 10.7 Å². The van der Waals surface area contributed by atoms with Crippen LogP contribution in [0.4, 0.5) is 11.4 Å². The van der Waals surface area contributed by atoms with Crippen molar-refractivity contribution in [2.75, 3.05) is 23.3 Å². The number of rotatable bonds is 3. The fourth-order valence-electron chi connectivity index (χ4n) is 2.15. The molecular formula is C14H19BrN2O. The van der Waals surface area contributed by atoms with E-state index in [1.807, 2.05) is 19.1 Å². The topological polar surface area (TPSA) is 32.3 Å². The molecule has 0 aromatic heterocycles. The highest BCUT2D eigenvalue weighted by Crippen LogP contribution is 2.22. The molecule has 1 amide bonds. The molecule has 4 heteroatoms. The van der Waals surface area contributed by atoms with Gasteiger partial charge in [-0.25, -0.2) is 0 Å². The first-order valence-electron chi connectivity index (χ1n) is 6.47. The highest BCUT2D eigenvalue weighted by molar-refractivity contribution is 9.10. The number of carbonyl (C=O) groups is 1. The molecule has 0 spiro atoms. The van der Waals surface area contributed by atoms with Gasteiger partial charge in [-0.1, -0.05) is 15.9 Å². The van der Waals surface area contributed by atoms with E-state index >= 15 is 0 Å². The van der Waals surface area contributed by atoms with Crippen LogP contribution in [0.1, 0.15) is 26.2 Å². The largest absolute Gasteiger partial charge is 0.372 e. The minimum Gasteiger partial charge on any atom is -0.372 e. The zero-order valence-electron chi connectivity index (χ0n) is 10.7. The summed E-state index contributed by atoms with van der Waals surface area (Å²) < 4.78 is 0. The summed E-state index contributed by atoms with van der Waals surface area (Å²) >= 11 is 3.25. The lowest BCUT2D eigenvalue weighted by Gasteiger charge is -2.28. The highest BCUT2D eigenvalue weighted by Gasteiger charge is 2.11. The summed E-state index contributed by atoms with van der Waals surface area (Å²) in [6, 6.07) is 8.11. The van der Waals surface area contributed by atoms with Crippen LogP contribution >= 0.6 is 15.9 Å². The Kier molecular flexibility index (Phi) is 4.64. The molecule has 0 radical (unpaired) electrons. The summed E-state index contributed by atoms with van der Waals surface area (Å²) in [7, 11) is 0. The van der Waals surface area contributed by atoms with Crippen LogP contribution in [0.15, 0.2) is 24.3 Å². The van der Waals surface area contributed by atoms with Crippen molar-refractivity contribution in [2.45, 2.75) is 31.0 Å². The van der Waals surface area contributed by atoms with Gasteiger partial charge in [-0.15, -0.1) is 0 Å². The predicted octanol–water partition coefficient (Wildman–Crippen LogP) is 3.40. The Labute approximate surface area is 117 Å². The number of nitrogens with zero attached hydrogens (tertiary/aromatic N) is 1. The van der Waals surface area contributed by atoms with Crippen molar-refractivity contribution in [3.05, 3.63) is 24.3 Å². The van der Waals surface area contributed by atoms with Gasteiger partial charge >= 0.3 is 0 Å². The van der Waals surface area contributed by atoms with Crippen LogP contribution in [0.25, 0.3) is 0 Å². The average molecular weight is 311 g/mol. The molecule has 0 aliphatic carbocycles. The van der Waals surface area contributed by atoms with E-state index in [2.05, 4.69) is 38.3 Å². The van der Waals surface area contributed by atoms with Gasteiger partial charge in [-0.3, -0.25) is 4.79 Å². The third-order valence-electron chi connectivity index (χ3n) is 3.22. The second kappa shape index (κ2) is 6.23. The van der Waals surface area contributed by atoms with Gasteiger partial charge in [0.2, 0.25) is 5.91 Å². The van der Waals surface area contributed by atoms with Gasteiger partial charge in [-0.2, -0.15) is 0 Å². The molecule has 1 aromatic carbocycles. The first-order chi connectivity index (χ1) is 8.66. The lowest BCUT2D eigenvalue weighted by atomic mass is 10.1. The Bertz CT molecular complexity index is 397. The average Bonchev–Trinajstić information content (AvgIpc) is 2.40. The molecular weight excluding hydrogens is 292 g/mol. The molecule has 1 fully saturated rings. The van der Waals surface area contributed by atoms with Gasteiger partial charge in [-0.05, 0) is 50.5 Å². The van der Waals surface area contributed by atoms with Crippen molar-refractivity contribution in [1.29, 1.82) is 0 Å². The molecule has 1 N–H and O–H groups in total. The van der Waals surface area contributed by atoms with Gasteiger partial charge in [0.25, 0.3) is 0 Å². The Balaban J connectivity index is 1.98. The molecule has 1 saturated heterocycles. The Morgan fingerprint density at radius 1 is 1.22 bits per heavy atom. The number of alkyl halides is 1. The number of piperidine rings is 1. The minimum absolute atomic E-state index is 0.0132. The maximum Gasteiger partial charge on any atom is 0.237 e. The molecule has 0 bridgehead atoms. The molecule has 2 rings (SSSR count). The van der Waals surface area contributed by atoms with E-state index < -0.39 is 0 Å². The fourth-order valence-corrected chi connectivity index (χ4v) is 2.26. The molecule has 1 heterocycles. The van der Waals surface area contributed by atoms with Gasteiger partial charge in [0.1, 0.15) is 0 Å². The lowest BCUT2D eigenvalue weighted by molar-refractivity contribution is -0.115. The lowest BCUT2D eigenvalue weighted by Crippen LogP contribution is -2.29. The molecule has 18 heavy (non-hydrogen) atoms. The molecule has 1 aromatic rings. The number of hydrogen-bond acceptors (Lipinski definition) is 2. The zero-order valence-corrected chi connectivity index (χ0v) is 12.2. The zero-order chi connectivity index (χ0) is 13.0. The second-order valence-corrected chi connectivity index (χ2v) is 6.07. The summed E-state index contributed by atoms with van der Waals surface area (Å²) in [5.74, 6) is -0.0132. The maximum atomic E-state index is 11.5. The SMILES string of the molecule is CC(Br)C(=O)Nc1ccc(N2CCCCC2)cc1. The molecule has 1 unspecified atom stereocenters. The number of halogens is 1. The number of nitrogens with one attached hydrogen (secondary N) is 1. The Morgan fingerprint density at radius 2 is 1.83 bits per heavy atom. The molecule has 98 valence electrons. The summed E-state index contributed by atoms with van der Waals surface area (Å²) in [5, 5.41) is 2.87. The first kappa shape index (κ1) is 13.4. The van der Waals surface area contributed by atoms with Crippen LogP contribution in [0.2, 0.25) is 0 Å². The van der Waals surface area contributed by atoms with Gasteiger partial charge in [0, 0.05) is 24.5 Å². The third-order valence-corrected chi connectivity index (χ3v) is 3.63. The molecule has 1 aliphatic rings. The van der Waals surface area contributed by atoms with E-state index in [1.54, 1.807) is 0 Å². The summed E-state index contributed by atoms with van der Waals surface area (Å²) in [4.78, 5) is 13.8. The standard InChI is InChI=1S/C14H19BrN2O/c1-11(15)14(18)16-12-5-7-13(8-6-12)17-9-3-2-4-10-17/h5-8,11H,2-4,9-10H2,1H3,(H,16,18). The Hall–Kier alpha value is -1.03. The van der Waals surface area contributed by atoms with Crippen LogP contribution in [-0.2, 0) is 4.79 Å². The molecule has 1 atom stereocenters. The van der Waals surface area contributed by atoms with Crippen molar-refractivity contribution in [3.8, 4) is 0 Å². The quantitative estimate of drug-likeness (QED) is 0.868. The van der Waals surface area contributed by atoms with Crippen LogP contribution in [0, 0.1) is 0 Å².